The van der Waals surface area contributed by atoms with Gasteiger partial charge in [-0.2, -0.15) is 23.5 Å². The van der Waals surface area contributed by atoms with Crippen LogP contribution in [0.5, 0.6) is 0 Å². The van der Waals surface area contributed by atoms with Crippen molar-refractivity contribution >= 4 is 5.65 Å². The van der Waals surface area contributed by atoms with Crippen molar-refractivity contribution in [2.45, 2.75) is 38.8 Å². The first-order chi connectivity index (χ1) is 14.9. The summed E-state index contributed by atoms with van der Waals surface area (Å²) in [5.74, 6) is 0.110. The van der Waals surface area contributed by atoms with Gasteiger partial charge in [-0.05, 0) is 24.6 Å². The average molecular weight is 426 g/mol. The Labute approximate surface area is 175 Å². The maximum Gasteiger partial charge on any atom is 0.396 e. The molecule has 0 radical (unpaired) electrons. The van der Waals surface area contributed by atoms with Crippen LogP contribution >= 0.6 is 0 Å². The molecule has 0 saturated heterocycles. The number of aromatic nitrogens is 7. The van der Waals surface area contributed by atoms with E-state index in [4.69, 9.17) is 0 Å². The third-order valence-electron chi connectivity index (χ3n) is 4.65. The molecule has 0 aromatic carbocycles. The Balaban J connectivity index is 1.75. The van der Waals surface area contributed by atoms with Gasteiger partial charge >= 0.3 is 6.18 Å². The van der Waals surface area contributed by atoms with Crippen LogP contribution in [0, 0.1) is 11.3 Å². The second-order valence-electron chi connectivity index (χ2n) is 6.91. The van der Waals surface area contributed by atoms with Gasteiger partial charge in [0.1, 0.15) is 18.8 Å². The summed E-state index contributed by atoms with van der Waals surface area (Å²) in [7, 11) is 0. The molecule has 4 rings (SSSR count). The number of pyridine rings is 1. The van der Waals surface area contributed by atoms with E-state index >= 15 is 0 Å². The first-order valence-electron chi connectivity index (χ1n) is 9.56. The molecule has 4 aromatic heterocycles. The van der Waals surface area contributed by atoms with Gasteiger partial charge in [0.25, 0.3) is 0 Å². The highest BCUT2D eigenvalue weighted by molar-refractivity contribution is 5.50. The SMILES string of the molecule is CCCc1c(Cc2ccnn2-c2ncccc2C#N)ncn2nc(CC(F)(F)F)nc12. The fourth-order valence-electron chi connectivity index (χ4n) is 3.38. The predicted octanol–water partition coefficient (Wildman–Crippen LogP) is 3.22. The molecule has 0 N–H and O–H groups in total. The maximum atomic E-state index is 12.8. The Morgan fingerprint density at radius 1 is 1.16 bits per heavy atom. The molecule has 0 bridgehead atoms. The summed E-state index contributed by atoms with van der Waals surface area (Å²) in [4.78, 5) is 12.8. The number of hydrogen-bond acceptors (Lipinski definition) is 6. The second kappa shape index (κ2) is 8.14. The molecule has 8 nitrogen and oxygen atoms in total. The molecule has 4 heterocycles. The Morgan fingerprint density at radius 2 is 2.00 bits per heavy atom. The quantitative estimate of drug-likeness (QED) is 0.470. The topological polar surface area (TPSA) is 97.6 Å². The van der Waals surface area contributed by atoms with Crippen LogP contribution in [0.4, 0.5) is 13.2 Å². The number of aryl methyl sites for hydroxylation is 1. The summed E-state index contributed by atoms with van der Waals surface area (Å²) in [6.45, 7) is 1.97. The molecule has 0 amide bonds. The highest BCUT2D eigenvalue weighted by atomic mass is 19.4. The average Bonchev–Trinajstić information content (AvgIpc) is 3.35. The van der Waals surface area contributed by atoms with Crippen LogP contribution in [0.1, 0.15) is 41.7 Å². The van der Waals surface area contributed by atoms with Gasteiger partial charge in [-0.1, -0.05) is 13.3 Å². The fourth-order valence-corrected chi connectivity index (χ4v) is 3.38. The molecular weight excluding hydrogens is 409 g/mol. The molecule has 11 heteroatoms. The first-order valence-corrected chi connectivity index (χ1v) is 9.56. The van der Waals surface area contributed by atoms with Gasteiger partial charge < -0.3 is 0 Å². The predicted molar refractivity (Wildman–Crippen MR) is 103 cm³/mol. The van der Waals surface area contributed by atoms with Crippen LogP contribution < -0.4 is 0 Å². The van der Waals surface area contributed by atoms with Crippen LogP contribution in [-0.2, 0) is 19.3 Å². The van der Waals surface area contributed by atoms with E-state index in [1.807, 2.05) is 6.92 Å². The number of nitriles is 1. The first kappa shape index (κ1) is 20.5. The Kier molecular flexibility index (Phi) is 5.37. The monoisotopic (exact) mass is 426 g/mol. The number of alkyl halides is 3. The van der Waals surface area contributed by atoms with Crippen LogP contribution in [-0.4, -0.2) is 40.5 Å². The lowest BCUT2D eigenvalue weighted by atomic mass is 10.1. The van der Waals surface area contributed by atoms with Crippen molar-refractivity contribution < 1.29 is 13.2 Å². The summed E-state index contributed by atoms with van der Waals surface area (Å²) in [6, 6.07) is 7.21. The smallest absolute Gasteiger partial charge is 0.240 e. The van der Waals surface area contributed by atoms with Crippen LogP contribution in [0.15, 0.2) is 36.9 Å². The zero-order valence-corrected chi connectivity index (χ0v) is 16.5. The van der Waals surface area contributed by atoms with Crippen LogP contribution in [0.2, 0.25) is 0 Å². The lowest BCUT2D eigenvalue weighted by molar-refractivity contribution is -0.128. The summed E-state index contributed by atoms with van der Waals surface area (Å²) in [6.07, 6.45) is 0.646. The molecule has 0 aliphatic rings. The molecule has 0 aliphatic heterocycles. The van der Waals surface area contributed by atoms with Crippen molar-refractivity contribution in [1.29, 1.82) is 5.26 Å². The zero-order valence-electron chi connectivity index (χ0n) is 16.5. The van der Waals surface area contributed by atoms with Crippen LogP contribution in [0.3, 0.4) is 0 Å². The molecule has 158 valence electrons. The summed E-state index contributed by atoms with van der Waals surface area (Å²) < 4.78 is 41.2. The van der Waals surface area contributed by atoms with E-state index in [0.29, 0.717) is 35.6 Å². The molecule has 0 aliphatic carbocycles. The molecule has 31 heavy (non-hydrogen) atoms. The highest BCUT2D eigenvalue weighted by Gasteiger charge is 2.30. The Morgan fingerprint density at radius 3 is 2.74 bits per heavy atom. The fraction of sp³-hybridized carbons (Fsp3) is 0.300. The molecule has 0 fully saturated rings. The number of rotatable bonds is 6. The van der Waals surface area contributed by atoms with Gasteiger partial charge in [-0.15, -0.1) is 5.10 Å². The standard InChI is InChI=1S/C20H17F3N8/c1-2-4-15-16(26-12-30-19(15)28-17(29-30)10-20(21,22)23)9-14-6-8-27-31(14)18-13(11-24)5-3-7-25-18/h3,5-8,12H,2,4,9-10H2,1H3. The molecule has 4 aromatic rings. The lowest BCUT2D eigenvalue weighted by Crippen LogP contribution is -2.12. The van der Waals surface area contributed by atoms with E-state index in [2.05, 4.69) is 31.2 Å². The number of hydrogen-bond donors (Lipinski definition) is 0. The number of fused-ring (bicyclic) bond motifs is 1. The van der Waals surface area contributed by atoms with Crippen molar-refractivity contribution in [1.82, 2.24) is 34.3 Å². The molecule has 0 spiro atoms. The summed E-state index contributed by atoms with van der Waals surface area (Å²) in [5, 5.41) is 17.6. The van der Waals surface area contributed by atoms with Crippen molar-refractivity contribution in [3.05, 3.63) is 65.3 Å². The molecule has 0 saturated carbocycles. The molecular formula is C20H17F3N8. The van der Waals surface area contributed by atoms with E-state index in [1.54, 1.807) is 35.3 Å². The van der Waals surface area contributed by atoms with Gasteiger partial charge in [0.2, 0.25) is 0 Å². The number of nitrogens with zero attached hydrogens (tertiary/aromatic N) is 8. The second-order valence-corrected chi connectivity index (χ2v) is 6.91. The largest absolute Gasteiger partial charge is 0.396 e. The van der Waals surface area contributed by atoms with Crippen molar-refractivity contribution in [2.75, 3.05) is 0 Å². The normalized spacial score (nSPS) is 11.7. The number of halogens is 3. The highest BCUT2D eigenvalue weighted by Crippen LogP contribution is 2.23. The van der Waals surface area contributed by atoms with E-state index in [-0.39, 0.29) is 5.82 Å². The van der Waals surface area contributed by atoms with E-state index in [9.17, 15) is 18.4 Å². The minimum Gasteiger partial charge on any atom is -0.240 e. The third-order valence-corrected chi connectivity index (χ3v) is 4.65. The Bertz CT molecular complexity index is 1270. The van der Waals surface area contributed by atoms with Crippen molar-refractivity contribution in [3.8, 4) is 11.9 Å². The van der Waals surface area contributed by atoms with Gasteiger partial charge in [-0.25, -0.2) is 24.1 Å². The van der Waals surface area contributed by atoms with Crippen molar-refractivity contribution in [2.24, 2.45) is 0 Å². The third kappa shape index (κ3) is 4.23. The Hall–Kier alpha value is -3.81. The maximum absolute atomic E-state index is 12.8. The van der Waals surface area contributed by atoms with Gasteiger partial charge in [0.15, 0.2) is 17.3 Å². The zero-order chi connectivity index (χ0) is 22.0. The molecule has 0 atom stereocenters. The summed E-state index contributed by atoms with van der Waals surface area (Å²) >= 11 is 0. The minimum atomic E-state index is -4.39. The van der Waals surface area contributed by atoms with E-state index in [1.165, 1.54) is 10.8 Å². The minimum absolute atomic E-state index is 0.291. The van der Waals surface area contributed by atoms with Gasteiger partial charge in [-0.3, -0.25) is 0 Å². The lowest BCUT2D eigenvalue weighted by Gasteiger charge is -2.11. The van der Waals surface area contributed by atoms with E-state index in [0.717, 1.165) is 17.7 Å². The van der Waals surface area contributed by atoms with E-state index < -0.39 is 12.6 Å². The van der Waals surface area contributed by atoms with Gasteiger partial charge in [0.05, 0.1) is 17.0 Å². The van der Waals surface area contributed by atoms with Crippen molar-refractivity contribution in [3.63, 3.8) is 0 Å². The summed E-state index contributed by atoms with van der Waals surface area (Å²) in [5.41, 5.74) is 2.88. The molecule has 0 unspecified atom stereocenters. The van der Waals surface area contributed by atoms with Crippen LogP contribution in [0.25, 0.3) is 11.5 Å². The van der Waals surface area contributed by atoms with Gasteiger partial charge in [0, 0.05) is 24.4 Å².